The molecule has 1 aliphatic rings. The van der Waals surface area contributed by atoms with E-state index in [2.05, 4.69) is 15.2 Å². The van der Waals surface area contributed by atoms with Gasteiger partial charge in [-0.05, 0) is 37.1 Å². The van der Waals surface area contributed by atoms with Crippen LogP contribution in [0, 0.1) is 0 Å². The van der Waals surface area contributed by atoms with Crippen molar-refractivity contribution in [3.05, 3.63) is 60.6 Å². The number of aromatic nitrogens is 3. The van der Waals surface area contributed by atoms with E-state index in [1.165, 1.54) is 4.31 Å². The zero-order valence-corrected chi connectivity index (χ0v) is 14.1. The minimum Gasteiger partial charge on any atom is -0.417 e. The first-order valence-electron chi connectivity index (χ1n) is 7.98. The summed E-state index contributed by atoms with van der Waals surface area (Å²) in [7, 11) is -3.60. The highest BCUT2D eigenvalue weighted by Crippen LogP contribution is 2.36. The lowest BCUT2D eigenvalue weighted by atomic mass is 10.2. The van der Waals surface area contributed by atoms with Crippen LogP contribution in [0.4, 0.5) is 0 Å². The van der Waals surface area contributed by atoms with Crippen molar-refractivity contribution in [2.24, 2.45) is 0 Å². The Kier molecular flexibility index (Phi) is 4.06. The second-order valence-electron chi connectivity index (χ2n) is 5.75. The van der Waals surface area contributed by atoms with E-state index in [-0.39, 0.29) is 4.90 Å². The lowest BCUT2D eigenvalue weighted by molar-refractivity contribution is 0.332. The topological polar surface area (TPSA) is 89.2 Å². The summed E-state index contributed by atoms with van der Waals surface area (Å²) in [6.07, 6.45) is 3.04. The standard InChI is InChI=1S/C17H16N4O3S/c22-25(23,13-7-2-1-3-8-13)21-12-6-10-15(21)17-20-19-16(24-17)14-9-4-5-11-18-14/h1-5,7-9,11,15H,6,10,12H2/t15-/m0/s1. The number of rotatable bonds is 4. The van der Waals surface area contributed by atoms with E-state index in [9.17, 15) is 8.42 Å². The van der Waals surface area contributed by atoms with E-state index in [1.807, 2.05) is 6.07 Å². The highest BCUT2D eigenvalue weighted by Gasteiger charge is 2.39. The molecule has 4 rings (SSSR count). The van der Waals surface area contributed by atoms with Crippen LogP contribution in [0.15, 0.2) is 64.0 Å². The molecule has 7 nitrogen and oxygen atoms in total. The first kappa shape index (κ1) is 15.9. The number of hydrogen-bond acceptors (Lipinski definition) is 6. The highest BCUT2D eigenvalue weighted by molar-refractivity contribution is 7.89. The molecule has 0 unspecified atom stereocenters. The average Bonchev–Trinajstić information content (AvgIpc) is 3.33. The summed E-state index contributed by atoms with van der Waals surface area (Å²) < 4.78 is 33.0. The van der Waals surface area contributed by atoms with Crippen LogP contribution in [-0.4, -0.2) is 34.4 Å². The van der Waals surface area contributed by atoms with Crippen LogP contribution < -0.4 is 0 Å². The molecule has 0 bridgehead atoms. The lowest BCUT2D eigenvalue weighted by Crippen LogP contribution is -2.30. The maximum Gasteiger partial charge on any atom is 0.266 e. The molecule has 128 valence electrons. The average molecular weight is 356 g/mol. The van der Waals surface area contributed by atoms with Gasteiger partial charge < -0.3 is 4.42 Å². The third-order valence-corrected chi connectivity index (χ3v) is 6.09. The van der Waals surface area contributed by atoms with Crippen LogP contribution >= 0.6 is 0 Å². The van der Waals surface area contributed by atoms with Gasteiger partial charge in [0, 0.05) is 12.7 Å². The van der Waals surface area contributed by atoms with Gasteiger partial charge in [-0.25, -0.2) is 8.42 Å². The molecule has 0 amide bonds. The molecule has 3 aromatic rings. The maximum absolute atomic E-state index is 12.9. The second kappa shape index (κ2) is 6.38. The van der Waals surface area contributed by atoms with E-state index in [0.717, 1.165) is 6.42 Å². The van der Waals surface area contributed by atoms with E-state index in [0.29, 0.717) is 30.4 Å². The van der Waals surface area contributed by atoms with Crippen LogP contribution in [0.3, 0.4) is 0 Å². The van der Waals surface area contributed by atoms with Gasteiger partial charge in [-0.2, -0.15) is 4.31 Å². The Morgan fingerprint density at radius 2 is 1.84 bits per heavy atom. The molecule has 1 aliphatic heterocycles. The third-order valence-electron chi connectivity index (χ3n) is 4.16. The Morgan fingerprint density at radius 1 is 1.04 bits per heavy atom. The normalized spacial score (nSPS) is 18.5. The lowest BCUT2D eigenvalue weighted by Gasteiger charge is -2.21. The molecule has 3 heterocycles. The van der Waals surface area contributed by atoms with E-state index in [1.54, 1.807) is 48.7 Å². The number of sulfonamides is 1. The van der Waals surface area contributed by atoms with Gasteiger partial charge in [0.15, 0.2) is 0 Å². The molecule has 25 heavy (non-hydrogen) atoms. The first-order chi connectivity index (χ1) is 12.2. The van der Waals surface area contributed by atoms with Crippen molar-refractivity contribution in [2.75, 3.05) is 6.54 Å². The van der Waals surface area contributed by atoms with Gasteiger partial charge in [0.25, 0.3) is 5.89 Å². The number of benzene rings is 1. The Labute approximate surface area is 145 Å². The Bertz CT molecular complexity index is 958. The fraction of sp³-hybridized carbons (Fsp3) is 0.235. The summed E-state index contributed by atoms with van der Waals surface area (Å²) in [6, 6.07) is 13.3. The number of nitrogens with zero attached hydrogens (tertiary/aromatic N) is 4. The molecule has 1 fully saturated rings. The van der Waals surface area contributed by atoms with Gasteiger partial charge in [0.2, 0.25) is 15.9 Å². The van der Waals surface area contributed by atoms with Gasteiger partial charge in [-0.15, -0.1) is 10.2 Å². The first-order valence-corrected chi connectivity index (χ1v) is 9.42. The molecule has 1 atom stereocenters. The van der Waals surface area contributed by atoms with Crippen LogP contribution in [0.25, 0.3) is 11.6 Å². The molecule has 0 radical (unpaired) electrons. The summed E-state index contributed by atoms with van der Waals surface area (Å²) in [5, 5.41) is 8.09. The predicted molar refractivity (Wildman–Crippen MR) is 89.8 cm³/mol. The van der Waals surface area contributed by atoms with Crippen molar-refractivity contribution in [1.29, 1.82) is 0 Å². The number of hydrogen-bond donors (Lipinski definition) is 0. The van der Waals surface area contributed by atoms with E-state index in [4.69, 9.17) is 4.42 Å². The SMILES string of the molecule is O=S(=O)(c1ccccc1)N1CCC[C@H]1c1nnc(-c2ccccn2)o1. The minimum absolute atomic E-state index is 0.270. The van der Waals surface area contributed by atoms with Crippen molar-refractivity contribution in [2.45, 2.75) is 23.8 Å². The molecule has 1 saturated heterocycles. The Morgan fingerprint density at radius 3 is 2.60 bits per heavy atom. The molecule has 0 N–H and O–H groups in total. The summed E-state index contributed by atoms with van der Waals surface area (Å²) in [6.45, 7) is 0.434. The monoisotopic (exact) mass is 356 g/mol. The summed E-state index contributed by atoms with van der Waals surface area (Å²) in [5.41, 5.74) is 0.566. The van der Waals surface area contributed by atoms with Crippen molar-refractivity contribution in [3.8, 4) is 11.6 Å². The van der Waals surface area contributed by atoms with Gasteiger partial charge in [0.1, 0.15) is 11.7 Å². The van der Waals surface area contributed by atoms with Gasteiger partial charge >= 0.3 is 0 Å². The molecule has 2 aromatic heterocycles. The van der Waals surface area contributed by atoms with Crippen LogP contribution in [0.5, 0.6) is 0 Å². The van der Waals surface area contributed by atoms with E-state index < -0.39 is 16.1 Å². The largest absolute Gasteiger partial charge is 0.417 e. The van der Waals surface area contributed by atoms with Crippen LogP contribution in [-0.2, 0) is 10.0 Å². The molecule has 0 saturated carbocycles. The minimum atomic E-state index is -3.60. The Balaban J connectivity index is 1.66. The molecular formula is C17H16N4O3S. The molecule has 8 heteroatoms. The van der Waals surface area contributed by atoms with Crippen molar-refractivity contribution in [3.63, 3.8) is 0 Å². The zero-order chi connectivity index (χ0) is 17.3. The van der Waals surface area contributed by atoms with Gasteiger partial charge in [0.05, 0.1) is 4.90 Å². The molecular weight excluding hydrogens is 340 g/mol. The van der Waals surface area contributed by atoms with Gasteiger partial charge in [-0.3, -0.25) is 4.98 Å². The quantitative estimate of drug-likeness (QED) is 0.714. The fourth-order valence-electron chi connectivity index (χ4n) is 2.96. The van der Waals surface area contributed by atoms with Crippen LogP contribution in [0.2, 0.25) is 0 Å². The van der Waals surface area contributed by atoms with Crippen molar-refractivity contribution in [1.82, 2.24) is 19.5 Å². The van der Waals surface area contributed by atoms with Crippen molar-refractivity contribution >= 4 is 10.0 Å². The summed E-state index contributed by atoms with van der Waals surface area (Å²) in [5.74, 6) is 0.595. The highest BCUT2D eigenvalue weighted by atomic mass is 32.2. The maximum atomic E-state index is 12.9. The number of pyridine rings is 1. The van der Waals surface area contributed by atoms with E-state index >= 15 is 0 Å². The zero-order valence-electron chi connectivity index (χ0n) is 13.3. The van der Waals surface area contributed by atoms with Crippen molar-refractivity contribution < 1.29 is 12.8 Å². The Hall–Kier alpha value is -2.58. The summed E-state index contributed by atoms with van der Waals surface area (Å²) in [4.78, 5) is 4.45. The third kappa shape index (κ3) is 2.94. The molecule has 0 aliphatic carbocycles. The molecule has 1 aromatic carbocycles. The second-order valence-corrected chi connectivity index (χ2v) is 7.64. The fourth-order valence-corrected chi connectivity index (χ4v) is 4.64. The summed E-state index contributed by atoms with van der Waals surface area (Å²) >= 11 is 0. The smallest absolute Gasteiger partial charge is 0.266 e. The van der Waals surface area contributed by atoms with Crippen LogP contribution in [0.1, 0.15) is 24.8 Å². The molecule has 0 spiro atoms. The van der Waals surface area contributed by atoms with Gasteiger partial charge in [-0.1, -0.05) is 24.3 Å². The predicted octanol–water partition coefficient (Wildman–Crippen LogP) is 2.66.